The van der Waals surface area contributed by atoms with Gasteiger partial charge in [-0.15, -0.1) is 0 Å². The van der Waals surface area contributed by atoms with Crippen molar-refractivity contribution in [2.24, 2.45) is 7.05 Å². The van der Waals surface area contributed by atoms with E-state index in [0.29, 0.717) is 16.5 Å². The minimum absolute atomic E-state index is 0.290. The van der Waals surface area contributed by atoms with Crippen molar-refractivity contribution in [3.8, 4) is 11.4 Å². The van der Waals surface area contributed by atoms with Crippen LogP contribution in [-0.2, 0) is 20.1 Å². The molecule has 0 aliphatic carbocycles. The topological polar surface area (TPSA) is 61.9 Å². The zero-order chi connectivity index (χ0) is 17.8. The molecule has 0 saturated heterocycles. The first-order valence-electron chi connectivity index (χ1n) is 8.09. The smallest absolute Gasteiger partial charge is 0.368 e. The third-order valence-corrected chi connectivity index (χ3v) is 4.24. The Morgan fingerprint density at radius 2 is 1.92 bits per heavy atom. The molecule has 0 bridgehead atoms. The lowest BCUT2D eigenvalue weighted by Crippen LogP contribution is -2.23. The summed E-state index contributed by atoms with van der Waals surface area (Å²) in [4.78, 5) is 12.3. The minimum Gasteiger partial charge on any atom is -0.487 e. The molecule has 130 valence electrons. The molecule has 0 N–H and O–H groups in total. The first-order chi connectivity index (χ1) is 12.1. The highest BCUT2D eigenvalue weighted by Crippen LogP contribution is 2.26. The molecule has 0 spiro atoms. The van der Waals surface area contributed by atoms with E-state index in [1.807, 2.05) is 36.4 Å². The SMILES string of the molecule is CCCc1cccc(-n2nnn(C)c2=O)c1COc1ccccc1Cl. The summed E-state index contributed by atoms with van der Waals surface area (Å²) in [6, 6.07) is 13.1. The second-order valence-electron chi connectivity index (χ2n) is 5.68. The molecule has 0 unspecified atom stereocenters. The molecule has 0 saturated carbocycles. The van der Waals surface area contributed by atoms with E-state index in [9.17, 15) is 4.79 Å². The standard InChI is InChI=1S/C18H19ClN4O2/c1-3-7-13-8-6-10-16(23-18(24)22(2)20-21-23)14(13)12-25-17-11-5-4-9-15(17)19/h4-6,8-11H,3,7,12H2,1-2H3. The van der Waals surface area contributed by atoms with Crippen LogP contribution >= 0.6 is 11.6 Å². The molecule has 25 heavy (non-hydrogen) atoms. The second kappa shape index (κ2) is 7.53. The van der Waals surface area contributed by atoms with Gasteiger partial charge in [-0.05, 0) is 40.6 Å². The molecule has 0 aliphatic rings. The van der Waals surface area contributed by atoms with Gasteiger partial charge in [0.25, 0.3) is 0 Å². The van der Waals surface area contributed by atoms with Crippen LogP contribution in [0.3, 0.4) is 0 Å². The van der Waals surface area contributed by atoms with Gasteiger partial charge in [0.2, 0.25) is 0 Å². The molecule has 3 aromatic rings. The van der Waals surface area contributed by atoms with Crippen molar-refractivity contribution in [3.05, 3.63) is 69.1 Å². The zero-order valence-corrected chi connectivity index (χ0v) is 14.9. The largest absolute Gasteiger partial charge is 0.487 e. The van der Waals surface area contributed by atoms with Crippen LogP contribution in [0.1, 0.15) is 24.5 Å². The van der Waals surface area contributed by atoms with Crippen molar-refractivity contribution in [2.75, 3.05) is 0 Å². The average Bonchev–Trinajstić information content (AvgIpc) is 2.94. The maximum atomic E-state index is 12.3. The van der Waals surface area contributed by atoms with E-state index < -0.39 is 0 Å². The Balaban J connectivity index is 2.02. The summed E-state index contributed by atoms with van der Waals surface area (Å²) < 4.78 is 8.41. The number of nitrogens with zero attached hydrogens (tertiary/aromatic N) is 4. The number of ether oxygens (including phenoxy) is 1. The van der Waals surface area contributed by atoms with Crippen molar-refractivity contribution >= 4 is 11.6 Å². The summed E-state index contributed by atoms with van der Waals surface area (Å²) in [5, 5.41) is 8.30. The average molecular weight is 359 g/mol. The molecule has 7 heteroatoms. The monoisotopic (exact) mass is 358 g/mol. The fourth-order valence-electron chi connectivity index (χ4n) is 2.67. The molecule has 3 rings (SSSR count). The van der Waals surface area contributed by atoms with Crippen molar-refractivity contribution in [1.29, 1.82) is 0 Å². The van der Waals surface area contributed by atoms with E-state index in [0.717, 1.165) is 24.0 Å². The van der Waals surface area contributed by atoms with Gasteiger partial charge in [0.1, 0.15) is 12.4 Å². The highest BCUT2D eigenvalue weighted by Gasteiger charge is 2.15. The van der Waals surface area contributed by atoms with Crippen LogP contribution < -0.4 is 10.4 Å². The maximum absolute atomic E-state index is 12.3. The van der Waals surface area contributed by atoms with Gasteiger partial charge < -0.3 is 4.74 Å². The summed E-state index contributed by atoms with van der Waals surface area (Å²) >= 11 is 6.17. The van der Waals surface area contributed by atoms with Crippen LogP contribution in [0.2, 0.25) is 5.02 Å². The molecule has 0 aliphatic heterocycles. The number of hydrogen-bond acceptors (Lipinski definition) is 4. The molecular weight excluding hydrogens is 340 g/mol. The summed E-state index contributed by atoms with van der Waals surface area (Å²) in [6.07, 6.45) is 1.86. The number of benzene rings is 2. The van der Waals surface area contributed by atoms with E-state index in [2.05, 4.69) is 17.4 Å². The highest BCUT2D eigenvalue weighted by atomic mass is 35.5. The number of aryl methyl sites for hydroxylation is 2. The highest BCUT2D eigenvalue weighted by molar-refractivity contribution is 6.32. The van der Waals surface area contributed by atoms with Gasteiger partial charge >= 0.3 is 5.69 Å². The Hall–Kier alpha value is -2.60. The van der Waals surface area contributed by atoms with Crippen LogP contribution in [0.4, 0.5) is 0 Å². The lowest BCUT2D eigenvalue weighted by Gasteiger charge is -2.15. The number of para-hydroxylation sites is 1. The molecule has 1 heterocycles. The molecule has 2 aromatic carbocycles. The van der Waals surface area contributed by atoms with Crippen LogP contribution in [0.5, 0.6) is 5.75 Å². The van der Waals surface area contributed by atoms with Gasteiger partial charge in [-0.2, -0.15) is 9.36 Å². The van der Waals surface area contributed by atoms with E-state index in [1.54, 1.807) is 13.1 Å². The van der Waals surface area contributed by atoms with Crippen LogP contribution in [0.15, 0.2) is 47.3 Å². The van der Waals surface area contributed by atoms with Crippen molar-refractivity contribution in [1.82, 2.24) is 19.8 Å². The Bertz CT molecular complexity index is 933. The van der Waals surface area contributed by atoms with Gasteiger partial charge in [-0.1, -0.05) is 49.2 Å². The molecule has 0 fully saturated rings. The lowest BCUT2D eigenvalue weighted by molar-refractivity contribution is 0.304. The van der Waals surface area contributed by atoms with Gasteiger partial charge in [-0.25, -0.2) is 4.79 Å². The van der Waals surface area contributed by atoms with Crippen molar-refractivity contribution < 1.29 is 4.74 Å². The molecular formula is C18H19ClN4O2. The van der Waals surface area contributed by atoms with Crippen molar-refractivity contribution in [2.45, 2.75) is 26.4 Å². The number of halogens is 1. The van der Waals surface area contributed by atoms with Crippen LogP contribution in [0, 0.1) is 0 Å². The predicted octanol–water partition coefficient (Wildman–Crippen LogP) is 3.15. The number of rotatable bonds is 6. The Kier molecular flexibility index (Phi) is 5.19. The van der Waals surface area contributed by atoms with Gasteiger partial charge in [-0.3, -0.25) is 0 Å². The molecule has 1 aromatic heterocycles. The summed E-state index contributed by atoms with van der Waals surface area (Å²) in [7, 11) is 1.57. The summed E-state index contributed by atoms with van der Waals surface area (Å²) in [6.45, 7) is 2.40. The first-order valence-corrected chi connectivity index (χ1v) is 8.47. The Morgan fingerprint density at radius 3 is 2.60 bits per heavy atom. The quantitative estimate of drug-likeness (QED) is 0.679. The fourth-order valence-corrected chi connectivity index (χ4v) is 2.86. The summed E-state index contributed by atoms with van der Waals surface area (Å²) in [5.74, 6) is 0.605. The lowest BCUT2D eigenvalue weighted by atomic mass is 10.0. The first kappa shape index (κ1) is 17.2. The van der Waals surface area contributed by atoms with Gasteiger partial charge in [0.05, 0.1) is 10.7 Å². The van der Waals surface area contributed by atoms with Crippen LogP contribution in [-0.4, -0.2) is 19.8 Å². The van der Waals surface area contributed by atoms with Gasteiger partial charge in [0, 0.05) is 12.6 Å². The number of aromatic nitrogens is 4. The number of hydrogen-bond donors (Lipinski definition) is 0. The molecule has 6 nitrogen and oxygen atoms in total. The van der Waals surface area contributed by atoms with E-state index in [1.165, 1.54) is 9.36 Å². The molecule has 0 amide bonds. The Labute approximate surface area is 150 Å². The van der Waals surface area contributed by atoms with Gasteiger partial charge in [0.15, 0.2) is 0 Å². The van der Waals surface area contributed by atoms with E-state index in [-0.39, 0.29) is 12.3 Å². The maximum Gasteiger partial charge on any atom is 0.368 e. The third-order valence-electron chi connectivity index (χ3n) is 3.93. The predicted molar refractivity (Wildman–Crippen MR) is 96.4 cm³/mol. The van der Waals surface area contributed by atoms with E-state index >= 15 is 0 Å². The normalized spacial score (nSPS) is 10.8. The molecule has 0 radical (unpaired) electrons. The summed E-state index contributed by atoms with van der Waals surface area (Å²) in [5.41, 5.74) is 2.40. The minimum atomic E-state index is -0.298. The van der Waals surface area contributed by atoms with Crippen molar-refractivity contribution in [3.63, 3.8) is 0 Å². The third kappa shape index (κ3) is 3.58. The zero-order valence-electron chi connectivity index (χ0n) is 14.1. The second-order valence-corrected chi connectivity index (χ2v) is 6.09. The Morgan fingerprint density at radius 1 is 1.12 bits per heavy atom. The van der Waals surface area contributed by atoms with Crippen LogP contribution in [0.25, 0.3) is 5.69 Å². The fraction of sp³-hybridized carbons (Fsp3) is 0.278. The number of tetrazole rings is 1. The molecule has 0 atom stereocenters. The van der Waals surface area contributed by atoms with E-state index in [4.69, 9.17) is 16.3 Å².